The molecule has 0 atom stereocenters. The first-order chi connectivity index (χ1) is 16.4. The van der Waals surface area contributed by atoms with E-state index in [4.69, 9.17) is 15.2 Å². The van der Waals surface area contributed by atoms with Gasteiger partial charge in [0.2, 0.25) is 0 Å². The molecule has 4 rings (SSSR count). The van der Waals surface area contributed by atoms with Crippen LogP contribution in [-0.4, -0.2) is 81.8 Å². The van der Waals surface area contributed by atoms with E-state index >= 15 is 0 Å². The Hall–Kier alpha value is -3.22. The number of aromatic nitrogens is 4. The first-order valence-corrected chi connectivity index (χ1v) is 11.8. The van der Waals surface area contributed by atoms with Crippen molar-refractivity contribution >= 4 is 40.4 Å². The van der Waals surface area contributed by atoms with Crippen molar-refractivity contribution in [3.05, 3.63) is 45.9 Å². The number of rotatable bonds is 7. The average Bonchev–Trinajstić information content (AvgIpc) is 3.19. The summed E-state index contributed by atoms with van der Waals surface area (Å²) in [5, 5.41) is 4.80. The zero-order chi connectivity index (χ0) is 24.2. The third-order valence-electron chi connectivity index (χ3n) is 5.55. The topological polar surface area (TPSA) is 135 Å². The van der Waals surface area contributed by atoms with Gasteiger partial charge in [-0.15, -0.1) is 5.10 Å². The monoisotopic (exact) mass is 486 g/mol. The molecule has 0 radical (unpaired) electrons. The summed E-state index contributed by atoms with van der Waals surface area (Å²) < 4.78 is 13.0. The largest absolute Gasteiger partial charge is 0.465 e. The van der Waals surface area contributed by atoms with Crippen LogP contribution in [0.4, 0.5) is 5.82 Å². The molecular formula is C22H26N6O5S. The fourth-order valence-corrected chi connectivity index (χ4v) is 4.63. The number of nitrogens with zero attached hydrogens (tertiary/aromatic N) is 5. The summed E-state index contributed by atoms with van der Waals surface area (Å²) >= 11 is 1.14. The fraction of sp³-hybridized carbons (Fsp3) is 0.409. The lowest BCUT2D eigenvalue weighted by molar-refractivity contribution is 0.0359. The van der Waals surface area contributed by atoms with Crippen LogP contribution in [0.5, 0.6) is 0 Å². The number of benzene rings is 1. The number of anilines is 1. The molecule has 1 aromatic carbocycles. The first kappa shape index (κ1) is 23.9. The van der Waals surface area contributed by atoms with Gasteiger partial charge in [-0.05, 0) is 25.1 Å². The number of morpholine rings is 1. The number of aryl methyl sites for hydroxylation is 1. The molecule has 0 aliphatic carbocycles. The minimum absolute atomic E-state index is 0.00809. The van der Waals surface area contributed by atoms with Crippen molar-refractivity contribution in [3.63, 3.8) is 0 Å². The van der Waals surface area contributed by atoms with Gasteiger partial charge in [0.1, 0.15) is 5.82 Å². The number of nitrogens with two attached hydrogens (primary N) is 1. The molecule has 2 N–H and O–H groups in total. The molecule has 0 spiro atoms. The van der Waals surface area contributed by atoms with Gasteiger partial charge < -0.3 is 15.2 Å². The number of nitrogen functional groups attached to an aromatic ring is 1. The number of esters is 1. The molecule has 1 aliphatic heterocycles. The lowest BCUT2D eigenvalue weighted by Crippen LogP contribution is -2.39. The molecule has 0 unspecified atom stereocenters. The zero-order valence-electron chi connectivity index (χ0n) is 19.0. The normalized spacial score (nSPS) is 14.4. The van der Waals surface area contributed by atoms with E-state index in [0.717, 1.165) is 24.9 Å². The summed E-state index contributed by atoms with van der Waals surface area (Å²) in [4.78, 5) is 44.9. The summed E-state index contributed by atoms with van der Waals surface area (Å²) in [5.41, 5.74) is 6.75. The molecule has 0 amide bonds. The second-order valence-electron chi connectivity index (χ2n) is 7.83. The second kappa shape index (κ2) is 10.4. The predicted molar refractivity (Wildman–Crippen MR) is 127 cm³/mol. The molecule has 12 heteroatoms. The highest BCUT2D eigenvalue weighted by atomic mass is 32.2. The highest BCUT2D eigenvalue weighted by Gasteiger charge is 2.18. The van der Waals surface area contributed by atoms with Gasteiger partial charge in [-0.3, -0.25) is 19.1 Å². The summed E-state index contributed by atoms with van der Waals surface area (Å²) in [6.45, 7) is 5.69. The Morgan fingerprint density at radius 2 is 1.97 bits per heavy atom. The van der Waals surface area contributed by atoms with Crippen LogP contribution in [0.2, 0.25) is 0 Å². The minimum Gasteiger partial charge on any atom is -0.465 e. The van der Waals surface area contributed by atoms with Gasteiger partial charge in [-0.25, -0.2) is 14.5 Å². The van der Waals surface area contributed by atoms with E-state index in [1.54, 1.807) is 29.7 Å². The predicted octanol–water partition coefficient (Wildman–Crippen LogP) is 1.03. The van der Waals surface area contributed by atoms with Crippen molar-refractivity contribution in [2.75, 3.05) is 51.4 Å². The van der Waals surface area contributed by atoms with Gasteiger partial charge >= 0.3 is 5.97 Å². The Labute approximate surface area is 199 Å². The van der Waals surface area contributed by atoms with Gasteiger partial charge in [0.25, 0.3) is 11.5 Å². The lowest BCUT2D eigenvalue weighted by atomic mass is 10.1. The van der Waals surface area contributed by atoms with E-state index in [-0.39, 0.29) is 23.0 Å². The maximum atomic E-state index is 13.4. The van der Waals surface area contributed by atoms with Gasteiger partial charge in [0.15, 0.2) is 5.16 Å². The number of carbonyl (C=O) groups excluding carboxylic acids is 2. The fourth-order valence-electron chi connectivity index (χ4n) is 3.76. The zero-order valence-corrected chi connectivity index (χ0v) is 19.8. The Kier molecular flexibility index (Phi) is 7.29. The SMILES string of the molecule is COC(=O)c1ccc2c(=O)n(CCN3CCOCC3)c(SCC(=O)n3nc(N)cc3C)nc2c1. The molecule has 2 aromatic heterocycles. The number of hydrogen-bond acceptors (Lipinski definition) is 10. The Balaban J connectivity index is 1.66. The Morgan fingerprint density at radius 3 is 2.65 bits per heavy atom. The summed E-state index contributed by atoms with van der Waals surface area (Å²) in [7, 11) is 1.29. The summed E-state index contributed by atoms with van der Waals surface area (Å²) in [5.74, 6) is -0.529. The molecule has 0 saturated carbocycles. The number of methoxy groups -OCH3 is 1. The van der Waals surface area contributed by atoms with Crippen molar-refractivity contribution in [1.82, 2.24) is 24.2 Å². The molecule has 0 bridgehead atoms. The highest BCUT2D eigenvalue weighted by molar-refractivity contribution is 7.99. The maximum Gasteiger partial charge on any atom is 0.337 e. The van der Waals surface area contributed by atoms with E-state index in [2.05, 4.69) is 15.0 Å². The Bertz CT molecular complexity index is 1280. The number of ether oxygens (including phenoxy) is 2. The van der Waals surface area contributed by atoms with Crippen LogP contribution in [0.3, 0.4) is 0 Å². The summed E-state index contributed by atoms with van der Waals surface area (Å²) in [6, 6.07) is 6.27. The third kappa shape index (κ3) is 5.13. The van der Waals surface area contributed by atoms with Crippen molar-refractivity contribution < 1.29 is 19.1 Å². The number of fused-ring (bicyclic) bond motifs is 1. The number of hydrogen-bond donors (Lipinski definition) is 1. The van der Waals surface area contributed by atoms with Gasteiger partial charge in [0.05, 0.1) is 42.5 Å². The third-order valence-corrected chi connectivity index (χ3v) is 6.51. The van der Waals surface area contributed by atoms with Crippen LogP contribution < -0.4 is 11.3 Å². The molecule has 11 nitrogen and oxygen atoms in total. The molecule has 3 aromatic rings. The summed E-state index contributed by atoms with van der Waals surface area (Å²) in [6.07, 6.45) is 0. The first-order valence-electron chi connectivity index (χ1n) is 10.8. The quantitative estimate of drug-likeness (QED) is 0.293. The lowest BCUT2D eigenvalue weighted by Gasteiger charge is -2.27. The van der Waals surface area contributed by atoms with Crippen LogP contribution in [0.1, 0.15) is 20.8 Å². The minimum atomic E-state index is -0.517. The van der Waals surface area contributed by atoms with E-state index in [1.165, 1.54) is 17.9 Å². The van der Waals surface area contributed by atoms with Gasteiger partial charge in [-0.2, -0.15) is 0 Å². The van der Waals surface area contributed by atoms with Crippen molar-refractivity contribution in [2.24, 2.45) is 0 Å². The highest BCUT2D eigenvalue weighted by Crippen LogP contribution is 2.20. The van der Waals surface area contributed by atoms with Crippen molar-refractivity contribution in [1.29, 1.82) is 0 Å². The van der Waals surface area contributed by atoms with Crippen LogP contribution in [0.25, 0.3) is 10.9 Å². The van der Waals surface area contributed by atoms with Crippen molar-refractivity contribution in [3.8, 4) is 0 Å². The van der Waals surface area contributed by atoms with Crippen molar-refractivity contribution in [2.45, 2.75) is 18.6 Å². The molecular weight excluding hydrogens is 460 g/mol. The van der Waals surface area contributed by atoms with Crippen LogP contribution in [0, 0.1) is 6.92 Å². The van der Waals surface area contributed by atoms with E-state index in [9.17, 15) is 14.4 Å². The van der Waals surface area contributed by atoms with Crippen LogP contribution >= 0.6 is 11.8 Å². The number of carbonyl (C=O) groups is 2. The van der Waals surface area contributed by atoms with Crippen LogP contribution in [-0.2, 0) is 16.0 Å². The average molecular weight is 487 g/mol. The van der Waals surface area contributed by atoms with E-state index < -0.39 is 5.97 Å². The molecule has 180 valence electrons. The maximum absolute atomic E-state index is 13.4. The second-order valence-corrected chi connectivity index (χ2v) is 8.78. The molecule has 34 heavy (non-hydrogen) atoms. The molecule has 1 aliphatic rings. The molecule has 3 heterocycles. The van der Waals surface area contributed by atoms with Gasteiger partial charge in [0, 0.05) is 37.9 Å². The van der Waals surface area contributed by atoms with Gasteiger partial charge in [-0.1, -0.05) is 11.8 Å². The Morgan fingerprint density at radius 1 is 1.21 bits per heavy atom. The molecule has 1 fully saturated rings. The van der Waals surface area contributed by atoms with E-state index in [1.807, 2.05) is 0 Å². The standard InChI is InChI=1S/C22H26N6O5S/c1-14-11-18(23)25-28(14)19(29)13-34-22-24-17-12-15(21(31)32-2)3-4-16(17)20(30)27(22)6-5-26-7-9-33-10-8-26/h3-4,11-12H,5-10,13H2,1-2H3,(H2,23,25). The molecule has 1 saturated heterocycles. The van der Waals surface area contributed by atoms with Crippen LogP contribution in [0.15, 0.2) is 34.2 Å². The smallest absolute Gasteiger partial charge is 0.337 e. The van der Waals surface area contributed by atoms with E-state index in [0.29, 0.717) is 53.6 Å². The number of thioether (sulfide) groups is 1.